The monoisotopic (exact) mass is 389 g/mol. The minimum absolute atomic E-state index is 0.276. The Hall–Kier alpha value is -3.25. The van der Waals surface area contributed by atoms with Crippen LogP contribution in [0.2, 0.25) is 0 Å². The van der Waals surface area contributed by atoms with Gasteiger partial charge in [-0.3, -0.25) is 4.90 Å². The van der Waals surface area contributed by atoms with Gasteiger partial charge < -0.3 is 10.2 Å². The summed E-state index contributed by atoms with van der Waals surface area (Å²) < 4.78 is 13.4. The molecule has 29 heavy (non-hydrogen) atoms. The van der Waals surface area contributed by atoms with E-state index < -0.39 is 0 Å². The third kappa shape index (κ3) is 5.39. The van der Waals surface area contributed by atoms with Crippen LogP contribution in [-0.4, -0.2) is 47.6 Å². The van der Waals surface area contributed by atoms with Crippen molar-refractivity contribution in [2.75, 3.05) is 42.9 Å². The van der Waals surface area contributed by atoms with Crippen molar-refractivity contribution < 1.29 is 4.39 Å². The fraction of sp³-hybridized carbons (Fsp3) is 0.217. The van der Waals surface area contributed by atoms with Gasteiger partial charge in [0.05, 0.1) is 0 Å². The zero-order chi connectivity index (χ0) is 19.9. The van der Waals surface area contributed by atoms with E-state index in [0.717, 1.165) is 32.7 Å². The molecule has 5 nitrogen and oxygen atoms in total. The number of halogens is 1. The van der Waals surface area contributed by atoms with E-state index in [4.69, 9.17) is 0 Å². The molecular weight excluding hydrogens is 365 g/mol. The van der Waals surface area contributed by atoms with Crippen LogP contribution in [0.5, 0.6) is 0 Å². The summed E-state index contributed by atoms with van der Waals surface area (Å²) in [6, 6.07) is 18.5. The summed E-state index contributed by atoms with van der Waals surface area (Å²) in [6.45, 7) is 4.62. The van der Waals surface area contributed by atoms with Crippen LogP contribution >= 0.6 is 0 Å². The fourth-order valence-corrected chi connectivity index (χ4v) is 3.32. The summed E-state index contributed by atoms with van der Waals surface area (Å²) in [5.41, 5.74) is 1.90. The zero-order valence-corrected chi connectivity index (χ0v) is 16.2. The maximum absolute atomic E-state index is 13.4. The molecule has 1 fully saturated rings. The molecule has 148 valence electrons. The van der Waals surface area contributed by atoms with E-state index in [1.54, 1.807) is 18.3 Å². The molecule has 0 spiro atoms. The summed E-state index contributed by atoms with van der Waals surface area (Å²) in [4.78, 5) is 13.6. The first-order valence-corrected chi connectivity index (χ1v) is 9.81. The first kappa shape index (κ1) is 19.1. The number of anilines is 3. The van der Waals surface area contributed by atoms with Crippen LogP contribution in [-0.2, 0) is 0 Å². The van der Waals surface area contributed by atoms with Crippen LogP contribution in [0.4, 0.5) is 21.8 Å². The van der Waals surface area contributed by atoms with Crippen LogP contribution < -0.4 is 10.2 Å². The smallest absolute Gasteiger partial charge is 0.227 e. The van der Waals surface area contributed by atoms with E-state index >= 15 is 0 Å². The van der Waals surface area contributed by atoms with Crippen LogP contribution in [0.1, 0.15) is 5.56 Å². The Morgan fingerprint density at radius 1 is 0.966 bits per heavy atom. The lowest BCUT2D eigenvalue weighted by molar-refractivity contribution is 0.283. The van der Waals surface area contributed by atoms with Gasteiger partial charge in [-0.1, -0.05) is 48.6 Å². The molecule has 0 bridgehead atoms. The standard InChI is InChI=1S/C23H24FN5/c24-20-9-4-10-21(18-20)26-22-11-12-25-23(27-22)29-16-14-28(15-17-29)13-5-8-19-6-2-1-3-7-19/h1-12,18H,13-17H2,(H,25,26,27)/b8-5+. The van der Waals surface area contributed by atoms with E-state index in [2.05, 4.69) is 61.5 Å². The van der Waals surface area contributed by atoms with Crippen molar-refractivity contribution >= 4 is 23.5 Å². The minimum atomic E-state index is -0.276. The normalized spacial score (nSPS) is 15.0. The molecule has 1 N–H and O–H groups in total. The highest BCUT2D eigenvalue weighted by Gasteiger charge is 2.18. The zero-order valence-electron chi connectivity index (χ0n) is 16.2. The highest BCUT2D eigenvalue weighted by atomic mass is 19.1. The fourth-order valence-electron chi connectivity index (χ4n) is 3.32. The molecule has 6 heteroatoms. The van der Waals surface area contributed by atoms with E-state index in [9.17, 15) is 4.39 Å². The Labute approximate surface area is 170 Å². The Kier molecular flexibility index (Phi) is 6.12. The number of rotatable bonds is 6. The molecule has 0 amide bonds. The highest BCUT2D eigenvalue weighted by molar-refractivity contribution is 5.57. The van der Waals surface area contributed by atoms with Gasteiger partial charge in [-0.2, -0.15) is 4.98 Å². The molecule has 1 aliphatic rings. The third-order valence-electron chi connectivity index (χ3n) is 4.87. The molecule has 2 heterocycles. The molecule has 2 aromatic carbocycles. The summed E-state index contributed by atoms with van der Waals surface area (Å²) in [6.07, 6.45) is 6.11. The Bertz CT molecular complexity index is 952. The molecule has 0 aliphatic carbocycles. The number of nitrogens with zero attached hydrogens (tertiary/aromatic N) is 4. The van der Waals surface area contributed by atoms with Crippen LogP contribution in [0.25, 0.3) is 6.08 Å². The van der Waals surface area contributed by atoms with Gasteiger partial charge in [0.1, 0.15) is 11.6 Å². The van der Waals surface area contributed by atoms with E-state index in [1.807, 2.05) is 12.1 Å². The predicted molar refractivity (Wildman–Crippen MR) is 116 cm³/mol. The van der Waals surface area contributed by atoms with Crippen LogP contribution in [0.3, 0.4) is 0 Å². The van der Waals surface area contributed by atoms with E-state index in [0.29, 0.717) is 17.5 Å². The van der Waals surface area contributed by atoms with Crippen molar-refractivity contribution in [2.45, 2.75) is 0 Å². The lowest BCUT2D eigenvalue weighted by Gasteiger charge is -2.34. The van der Waals surface area contributed by atoms with Gasteiger partial charge in [-0.05, 0) is 29.8 Å². The lowest BCUT2D eigenvalue weighted by atomic mass is 10.2. The second-order valence-electron chi connectivity index (χ2n) is 6.98. The van der Waals surface area contributed by atoms with Crippen molar-refractivity contribution in [3.63, 3.8) is 0 Å². The number of aromatic nitrogens is 2. The summed E-state index contributed by atoms with van der Waals surface area (Å²) in [5.74, 6) is 1.08. The average Bonchev–Trinajstić information content (AvgIpc) is 2.75. The quantitative estimate of drug-likeness (QED) is 0.685. The van der Waals surface area contributed by atoms with Gasteiger partial charge in [0.2, 0.25) is 5.95 Å². The van der Waals surface area contributed by atoms with Gasteiger partial charge >= 0.3 is 0 Å². The lowest BCUT2D eigenvalue weighted by Crippen LogP contribution is -2.46. The minimum Gasteiger partial charge on any atom is -0.340 e. The first-order chi connectivity index (χ1) is 14.3. The maximum atomic E-state index is 13.4. The van der Waals surface area contributed by atoms with Crippen molar-refractivity contribution in [3.8, 4) is 0 Å². The molecule has 3 aromatic rings. The predicted octanol–water partition coefficient (Wildman–Crippen LogP) is 4.19. The maximum Gasteiger partial charge on any atom is 0.227 e. The van der Waals surface area contributed by atoms with Crippen molar-refractivity contribution in [2.24, 2.45) is 0 Å². The molecular formula is C23H24FN5. The second-order valence-corrected chi connectivity index (χ2v) is 6.98. The molecule has 0 saturated carbocycles. The number of hydrogen-bond acceptors (Lipinski definition) is 5. The molecule has 0 unspecified atom stereocenters. The molecule has 1 saturated heterocycles. The SMILES string of the molecule is Fc1cccc(Nc2ccnc(N3CCN(C/C=C/c4ccccc4)CC3)n2)c1. The Morgan fingerprint density at radius 3 is 2.59 bits per heavy atom. The van der Waals surface area contributed by atoms with Crippen LogP contribution in [0, 0.1) is 5.82 Å². The average molecular weight is 389 g/mol. The van der Waals surface area contributed by atoms with Crippen molar-refractivity contribution in [1.29, 1.82) is 0 Å². The topological polar surface area (TPSA) is 44.3 Å². The van der Waals surface area contributed by atoms with Crippen molar-refractivity contribution in [3.05, 3.63) is 84.3 Å². The third-order valence-corrected chi connectivity index (χ3v) is 4.87. The van der Waals surface area contributed by atoms with Gasteiger partial charge in [-0.25, -0.2) is 9.37 Å². The largest absolute Gasteiger partial charge is 0.340 e. The van der Waals surface area contributed by atoms with Crippen LogP contribution in [0.15, 0.2) is 72.9 Å². The van der Waals surface area contributed by atoms with Crippen molar-refractivity contribution in [1.82, 2.24) is 14.9 Å². The van der Waals surface area contributed by atoms with Gasteiger partial charge in [0, 0.05) is 44.6 Å². The molecule has 0 radical (unpaired) electrons. The molecule has 0 atom stereocenters. The highest BCUT2D eigenvalue weighted by Crippen LogP contribution is 2.18. The second kappa shape index (κ2) is 9.30. The number of hydrogen-bond donors (Lipinski definition) is 1. The van der Waals surface area contributed by atoms with E-state index in [1.165, 1.54) is 17.7 Å². The van der Waals surface area contributed by atoms with E-state index in [-0.39, 0.29) is 5.82 Å². The van der Waals surface area contributed by atoms with Gasteiger partial charge in [0.15, 0.2) is 0 Å². The number of benzene rings is 2. The van der Waals surface area contributed by atoms with Gasteiger partial charge in [-0.15, -0.1) is 0 Å². The Balaban J connectivity index is 1.31. The molecule has 1 aliphatic heterocycles. The Morgan fingerprint density at radius 2 is 1.79 bits per heavy atom. The number of piperazine rings is 1. The summed E-state index contributed by atoms with van der Waals surface area (Å²) in [5, 5.41) is 3.14. The number of nitrogens with one attached hydrogen (secondary N) is 1. The molecule has 1 aromatic heterocycles. The molecule has 4 rings (SSSR count). The van der Waals surface area contributed by atoms with Gasteiger partial charge in [0.25, 0.3) is 0 Å². The first-order valence-electron chi connectivity index (χ1n) is 9.81. The summed E-state index contributed by atoms with van der Waals surface area (Å²) >= 11 is 0. The summed E-state index contributed by atoms with van der Waals surface area (Å²) in [7, 11) is 0.